The normalized spacial score (nSPS) is 11.6. The zero-order valence-corrected chi connectivity index (χ0v) is 18.2. The van der Waals surface area contributed by atoms with Crippen LogP contribution in [0.4, 0.5) is 0 Å². The van der Waals surface area contributed by atoms with Gasteiger partial charge >= 0.3 is 0 Å². The van der Waals surface area contributed by atoms with Gasteiger partial charge in [0.25, 0.3) is 10.0 Å². The highest BCUT2D eigenvalue weighted by Crippen LogP contribution is 2.26. The van der Waals surface area contributed by atoms with E-state index in [1.807, 2.05) is 6.92 Å². The number of nitrogens with zero attached hydrogens (tertiary/aromatic N) is 1. The fourth-order valence-electron chi connectivity index (χ4n) is 2.36. The zero-order chi connectivity index (χ0) is 21.6. The van der Waals surface area contributed by atoms with Crippen molar-refractivity contribution in [2.75, 3.05) is 6.61 Å². The molecule has 3 rings (SSSR count). The lowest BCUT2D eigenvalue weighted by molar-refractivity contribution is 0.270. The molecular weight excluding hydrogens is 451 g/mol. The molecule has 0 fully saturated rings. The van der Waals surface area contributed by atoms with Gasteiger partial charge in [0, 0.05) is 6.07 Å². The molecule has 3 aromatic rings. The standard InChI is InChI=1S/C20H18Cl2N2O5S/c1-2-27-14-5-8-18(9-6-14)30(25,26)24-23-12-16-3-4-17(29-16)13-28-15-7-10-19(21)20(22)11-15/h3-12,24H,2,13H2,1H3/b23-12-. The summed E-state index contributed by atoms with van der Waals surface area (Å²) in [5.41, 5.74) is 0. The molecule has 0 bridgehead atoms. The third-order valence-electron chi connectivity index (χ3n) is 3.76. The second-order valence-corrected chi connectivity index (χ2v) is 8.40. The summed E-state index contributed by atoms with van der Waals surface area (Å²) < 4.78 is 41.0. The van der Waals surface area contributed by atoms with Crippen LogP contribution < -0.4 is 14.3 Å². The van der Waals surface area contributed by atoms with E-state index < -0.39 is 10.0 Å². The molecule has 0 unspecified atom stereocenters. The minimum Gasteiger partial charge on any atom is -0.494 e. The molecule has 0 saturated heterocycles. The quantitative estimate of drug-likeness (QED) is 0.357. The van der Waals surface area contributed by atoms with E-state index in [2.05, 4.69) is 9.93 Å². The molecule has 158 valence electrons. The fraction of sp³-hybridized carbons (Fsp3) is 0.150. The smallest absolute Gasteiger partial charge is 0.276 e. The Morgan fingerprint density at radius 2 is 1.73 bits per heavy atom. The van der Waals surface area contributed by atoms with Gasteiger partial charge in [-0.05, 0) is 55.5 Å². The number of hydrogen-bond donors (Lipinski definition) is 1. The van der Waals surface area contributed by atoms with E-state index in [1.54, 1.807) is 42.5 Å². The van der Waals surface area contributed by atoms with Gasteiger partial charge in [-0.3, -0.25) is 0 Å². The Labute approximate surface area is 184 Å². The Kier molecular flexibility index (Phi) is 7.25. The number of nitrogens with one attached hydrogen (secondary N) is 1. The van der Waals surface area contributed by atoms with Crippen LogP contribution in [0.3, 0.4) is 0 Å². The van der Waals surface area contributed by atoms with Crippen LogP contribution in [0.5, 0.6) is 11.5 Å². The Morgan fingerprint density at radius 3 is 2.43 bits per heavy atom. The molecule has 10 heteroatoms. The summed E-state index contributed by atoms with van der Waals surface area (Å²) in [5, 5.41) is 4.57. The number of sulfonamides is 1. The molecule has 0 saturated carbocycles. The van der Waals surface area contributed by atoms with Crippen molar-refractivity contribution in [1.29, 1.82) is 0 Å². The van der Waals surface area contributed by atoms with Crippen molar-refractivity contribution in [3.63, 3.8) is 0 Å². The number of rotatable bonds is 9. The number of benzene rings is 2. The summed E-state index contributed by atoms with van der Waals surface area (Å²) in [5.74, 6) is 2.01. The summed E-state index contributed by atoms with van der Waals surface area (Å²) >= 11 is 11.8. The largest absolute Gasteiger partial charge is 0.494 e. The van der Waals surface area contributed by atoms with Crippen LogP contribution in [0.2, 0.25) is 10.0 Å². The maximum absolute atomic E-state index is 12.3. The predicted molar refractivity (Wildman–Crippen MR) is 115 cm³/mol. The molecule has 0 aliphatic carbocycles. The number of halogens is 2. The van der Waals surface area contributed by atoms with Crippen molar-refractivity contribution in [3.05, 3.63) is 76.2 Å². The first-order valence-electron chi connectivity index (χ1n) is 8.81. The van der Waals surface area contributed by atoms with Gasteiger partial charge in [-0.25, -0.2) is 0 Å². The first-order chi connectivity index (χ1) is 14.4. The molecule has 0 amide bonds. The molecule has 30 heavy (non-hydrogen) atoms. The van der Waals surface area contributed by atoms with E-state index in [-0.39, 0.29) is 11.5 Å². The van der Waals surface area contributed by atoms with E-state index in [0.29, 0.717) is 39.7 Å². The van der Waals surface area contributed by atoms with Crippen molar-refractivity contribution in [2.24, 2.45) is 5.10 Å². The summed E-state index contributed by atoms with van der Waals surface area (Å²) in [6.45, 7) is 2.50. The highest BCUT2D eigenvalue weighted by atomic mass is 35.5. The molecule has 7 nitrogen and oxygen atoms in total. The number of ether oxygens (including phenoxy) is 2. The summed E-state index contributed by atoms with van der Waals surface area (Å²) in [6, 6.07) is 14.3. The minimum atomic E-state index is -3.80. The van der Waals surface area contributed by atoms with Crippen LogP contribution in [0.15, 0.2) is 69.0 Å². The van der Waals surface area contributed by atoms with Crippen molar-refractivity contribution >= 4 is 39.4 Å². The molecule has 0 aliphatic rings. The van der Waals surface area contributed by atoms with Gasteiger partial charge in [0.15, 0.2) is 0 Å². The summed E-state index contributed by atoms with van der Waals surface area (Å²) in [4.78, 5) is 2.20. The average molecular weight is 469 g/mol. The highest BCUT2D eigenvalue weighted by molar-refractivity contribution is 7.89. The fourth-order valence-corrected chi connectivity index (χ4v) is 3.44. The van der Waals surface area contributed by atoms with Gasteiger partial charge in [0.2, 0.25) is 0 Å². The lowest BCUT2D eigenvalue weighted by atomic mass is 10.3. The van der Waals surface area contributed by atoms with Crippen LogP contribution >= 0.6 is 23.2 Å². The van der Waals surface area contributed by atoms with Crippen LogP contribution in [0.1, 0.15) is 18.4 Å². The van der Waals surface area contributed by atoms with Gasteiger partial charge in [-0.1, -0.05) is 23.2 Å². The minimum absolute atomic E-state index is 0.0678. The molecule has 1 heterocycles. The molecule has 2 aromatic carbocycles. The molecule has 0 aliphatic heterocycles. The SMILES string of the molecule is CCOc1ccc(S(=O)(=O)N/N=C\c2ccc(COc3ccc(Cl)c(Cl)c3)o2)cc1. The van der Waals surface area contributed by atoms with Gasteiger partial charge in [-0.2, -0.15) is 18.4 Å². The third-order valence-corrected chi connectivity index (χ3v) is 5.74. The molecule has 0 atom stereocenters. The highest BCUT2D eigenvalue weighted by Gasteiger charge is 2.12. The number of furan rings is 1. The predicted octanol–water partition coefficient (Wildman–Crippen LogP) is 4.88. The first kappa shape index (κ1) is 22.0. The van der Waals surface area contributed by atoms with Crippen molar-refractivity contribution < 1.29 is 22.3 Å². The molecular formula is C20H18Cl2N2O5S. The maximum atomic E-state index is 12.3. The lowest BCUT2D eigenvalue weighted by Gasteiger charge is -2.05. The molecule has 1 N–H and O–H groups in total. The summed E-state index contributed by atoms with van der Waals surface area (Å²) in [7, 11) is -3.80. The van der Waals surface area contributed by atoms with E-state index in [4.69, 9.17) is 37.1 Å². The van der Waals surface area contributed by atoms with E-state index in [1.165, 1.54) is 18.3 Å². The van der Waals surface area contributed by atoms with Gasteiger partial charge in [0.05, 0.1) is 27.8 Å². The van der Waals surface area contributed by atoms with E-state index in [9.17, 15) is 8.42 Å². The van der Waals surface area contributed by atoms with Crippen LogP contribution in [0.25, 0.3) is 0 Å². The van der Waals surface area contributed by atoms with E-state index >= 15 is 0 Å². The van der Waals surface area contributed by atoms with E-state index in [0.717, 1.165) is 0 Å². The lowest BCUT2D eigenvalue weighted by Crippen LogP contribution is -2.18. The Hall–Kier alpha value is -2.68. The molecule has 0 radical (unpaired) electrons. The first-order valence-corrected chi connectivity index (χ1v) is 11.1. The van der Waals surface area contributed by atoms with Crippen molar-refractivity contribution in [1.82, 2.24) is 4.83 Å². The molecule has 0 spiro atoms. The maximum Gasteiger partial charge on any atom is 0.276 e. The third kappa shape index (κ3) is 5.91. The van der Waals surface area contributed by atoms with Crippen LogP contribution in [-0.4, -0.2) is 21.2 Å². The molecule has 1 aromatic heterocycles. The second kappa shape index (κ2) is 9.88. The van der Waals surface area contributed by atoms with Gasteiger partial charge in [0.1, 0.15) is 29.6 Å². The van der Waals surface area contributed by atoms with Crippen LogP contribution in [-0.2, 0) is 16.6 Å². The Morgan fingerprint density at radius 1 is 1.00 bits per heavy atom. The van der Waals surface area contributed by atoms with Gasteiger partial charge < -0.3 is 13.9 Å². The Bertz CT molecular complexity index is 1130. The monoisotopic (exact) mass is 468 g/mol. The second-order valence-electron chi connectivity index (χ2n) is 5.93. The Balaban J connectivity index is 1.56. The number of hydrazone groups is 1. The average Bonchev–Trinajstić information content (AvgIpc) is 3.17. The van der Waals surface area contributed by atoms with Gasteiger partial charge in [-0.15, -0.1) is 0 Å². The topological polar surface area (TPSA) is 90.1 Å². The van der Waals surface area contributed by atoms with Crippen molar-refractivity contribution in [2.45, 2.75) is 18.4 Å². The van der Waals surface area contributed by atoms with Crippen molar-refractivity contribution in [3.8, 4) is 11.5 Å². The zero-order valence-electron chi connectivity index (χ0n) is 15.8. The summed E-state index contributed by atoms with van der Waals surface area (Å²) in [6.07, 6.45) is 1.26. The number of hydrogen-bond acceptors (Lipinski definition) is 6. The van der Waals surface area contributed by atoms with Crippen LogP contribution in [0, 0.1) is 0 Å².